The summed E-state index contributed by atoms with van der Waals surface area (Å²) < 4.78 is 0. The van der Waals surface area contributed by atoms with Crippen LogP contribution >= 0.6 is 0 Å². The second-order valence-corrected chi connectivity index (χ2v) is 7.13. The fraction of sp³-hybridized carbons (Fsp3) is 0.579. The summed E-state index contributed by atoms with van der Waals surface area (Å²) in [5.74, 6) is -0.0811. The van der Waals surface area contributed by atoms with Crippen molar-refractivity contribution in [2.45, 2.75) is 56.6 Å². The van der Waals surface area contributed by atoms with Crippen molar-refractivity contribution < 1.29 is 14.7 Å². The second kappa shape index (κ2) is 7.34. The highest BCUT2D eigenvalue weighted by Gasteiger charge is 2.34. The van der Waals surface area contributed by atoms with Gasteiger partial charge in [0, 0.05) is 24.7 Å². The van der Waals surface area contributed by atoms with Crippen molar-refractivity contribution in [2.75, 3.05) is 13.1 Å². The van der Waals surface area contributed by atoms with Gasteiger partial charge in [0.05, 0.1) is 12.0 Å². The van der Waals surface area contributed by atoms with Crippen molar-refractivity contribution >= 4 is 11.8 Å². The van der Waals surface area contributed by atoms with Gasteiger partial charge in [-0.25, -0.2) is 0 Å². The summed E-state index contributed by atoms with van der Waals surface area (Å²) in [6.45, 7) is 1.27. The van der Waals surface area contributed by atoms with Crippen LogP contribution in [-0.2, 0) is 4.79 Å². The molecule has 130 valence electrons. The first-order valence-corrected chi connectivity index (χ1v) is 8.92. The highest BCUT2D eigenvalue weighted by atomic mass is 16.3. The summed E-state index contributed by atoms with van der Waals surface area (Å²) in [6.07, 6.45) is 5.35. The van der Waals surface area contributed by atoms with Gasteiger partial charge in [-0.05, 0) is 37.8 Å². The van der Waals surface area contributed by atoms with E-state index in [1.807, 2.05) is 35.2 Å². The van der Waals surface area contributed by atoms with Crippen molar-refractivity contribution in [2.24, 2.45) is 0 Å². The fourth-order valence-electron chi connectivity index (χ4n) is 3.83. The van der Waals surface area contributed by atoms with Crippen molar-refractivity contribution in [3.05, 3.63) is 35.9 Å². The minimum atomic E-state index is -0.821. The van der Waals surface area contributed by atoms with Crippen molar-refractivity contribution in [1.82, 2.24) is 10.2 Å². The Hall–Kier alpha value is -1.88. The summed E-state index contributed by atoms with van der Waals surface area (Å²) in [5.41, 5.74) is -0.136. The van der Waals surface area contributed by atoms with Gasteiger partial charge in [0.2, 0.25) is 5.91 Å². The molecule has 1 aromatic rings. The number of nitrogens with zero attached hydrogens (tertiary/aromatic N) is 1. The third kappa shape index (κ3) is 4.15. The van der Waals surface area contributed by atoms with E-state index in [2.05, 4.69) is 5.32 Å². The highest BCUT2D eigenvalue weighted by molar-refractivity contribution is 5.94. The number of amides is 2. The monoisotopic (exact) mass is 330 g/mol. The normalized spacial score (nSPS) is 23.0. The molecule has 24 heavy (non-hydrogen) atoms. The molecule has 2 amide bonds. The lowest BCUT2D eigenvalue weighted by Gasteiger charge is -2.34. The van der Waals surface area contributed by atoms with Crippen LogP contribution in [0.2, 0.25) is 0 Å². The molecular formula is C19H26N2O3. The number of likely N-dealkylation sites (tertiary alicyclic amines) is 1. The Morgan fingerprint density at radius 2 is 1.88 bits per heavy atom. The number of hydrogen-bond donors (Lipinski definition) is 2. The average Bonchev–Trinajstić information content (AvgIpc) is 3.01. The molecule has 3 rings (SSSR count). The van der Waals surface area contributed by atoms with Crippen molar-refractivity contribution in [3.8, 4) is 0 Å². The van der Waals surface area contributed by atoms with Gasteiger partial charge in [0.25, 0.3) is 5.91 Å². The Bertz CT molecular complexity index is 582. The standard InChI is InChI=1S/C19H26N2O3/c22-17(13-19(24)10-4-5-11-19)20-16-9-6-12-21(14-16)18(23)15-7-2-1-3-8-15/h1-3,7-8,16,24H,4-6,9-14H2,(H,20,22). The number of nitrogens with one attached hydrogen (secondary N) is 1. The van der Waals surface area contributed by atoms with Gasteiger partial charge in [-0.3, -0.25) is 9.59 Å². The molecule has 1 saturated heterocycles. The molecule has 1 aliphatic carbocycles. The maximum absolute atomic E-state index is 12.5. The maximum Gasteiger partial charge on any atom is 0.253 e. The fourth-order valence-corrected chi connectivity index (χ4v) is 3.83. The molecule has 1 atom stereocenters. The lowest BCUT2D eigenvalue weighted by molar-refractivity contribution is -0.126. The summed E-state index contributed by atoms with van der Waals surface area (Å²) in [4.78, 5) is 26.6. The first-order valence-electron chi connectivity index (χ1n) is 8.92. The van der Waals surface area contributed by atoms with Crippen LogP contribution in [0, 0.1) is 0 Å². The van der Waals surface area contributed by atoms with Crippen LogP contribution in [0.15, 0.2) is 30.3 Å². The molecule has 0 bridgehead atoms. The number of hydrogen-bond acceptors (Lipinski definition) is 3. The molecule has 0 aromatic heterocycles. The number of rotatable bonds is 4. The predicted octanol–water partition coefficient (Wildman–Crippen LogP) is 2.10. The van der Waals surface area contributed by atoms with Crippen LogP contribution in [0.3, 0.4) is 0 Å². The van der Waals surface area contributed by atoms with E-state index in [-0.39, 0.29) is 24.3 Å². The van der Waals surface area contributed by atoms with E-state index in [4.69, 9.17) is 0 Å². The van der Waals surface area contributed by atoms with Crippen LogP contribution in [-0.4, -0.2) is 46.6 Å². The molecule has 1 aromatic carbocycles. The van der Waals surface area contributed by atoms with Gasteiger partial charge >= 0.3 is 0 Å². The number of aliphatic hydroxyl groups is 1. The summed E-state index contributed by atoms with van der Waals surface area (Å²) in [6, 6.07) is 9.23. The van der Waals surface area contributed by atoms with Crippen LogP contribution in [0.25, 0.3) is 0 Å². The lowest BCUT2D eigenvalue weighted by atomic mass is 9.97. The number of benzene rings is 1. The van der Waals surface area contributed by atoms with E-state index >= 15 is 0 Å². The molecule has 5 nitrogen and oxygen atoms in total. The molecule has 1 aliphatic heterocycles. The van der Waals surface area contributed by atoms with Crippen LogP contribution in [0.1, 0.15) is 55.3 Å². The zero-order valence-electron chi connectivity index (χ0n) is 14.0. The third-order valence-corrected chi connectivity index (χ3v) is 5.12. The molecule has 1 heterocycles. The largest absolute Gasteiger partial charge is 0.389 e. The van der Waals surface area contributed by atoms with E-state index in [0.29, 0.717) is 24.9 Å². The summed E-state index contributed by atoms with van der Waals surface area (Å²) >= 11 is 0. The van der Waals surface area contributed by atoms with E-state index in [0.717, 1.165) is 32.2 Å². The molecule has 2 aliphatic rings. The molecule has 1 unspecified atom stereocenters. The van der Waals surface area contributed by atoms with Gasteiger partial charge in [0.1, 0.15) is 0 Å². The Balaban J connectivity index is 1.53. The Labute approximate surface area is 143 Å². The quantitative estimate of drug-likeness (QED) is 0.888. The summed E-state index contributed by atoms with van der Waals surface area (Å²) in [7, 11) is 0. The smallest absolute Gasteiger partial charge is 0.253 e. The molecule has 2 fully saturated rings. The van der Waals surface area contributed by atoms with Crippen LogP contribution in [0.4, 0.5) is 0 Å². The zero-order chi connectivity index (χ0) is 17.0. The number of piperidine rings is 1. The molecule has 2 N–H and O–H groups in total. The molecule has 1 saturated carbocycles. The molecule has 5 heteroatoms. The Kier molecular flexibility index (Phi) is 5.19. The molecular weight excluding hydrogens is 304 g/mol. The SMILES string of the molecule is O=C(CC1(O)CCCC1)NC1CCCN(C(=O)c2ccccc2)C1. The highest BCUT2D eigenvalue weighted by Crippen LogP contribution is 2.32. The van der Waals surface area contributed by atoms with Gasteiger partial charge in [-0.15, -0.1) is 0 Å². The predicted molar refractivity (Wildman–Crippen MR) is 91.5 cm³/mol. The lowest BCUT2D eigenvalue weighted by Crippen LogP contribution is -2.50. The number of carbonyl (C=O) groups is 2. The number of carbonyl (C=O) groups excluding carboxylic acids is 2. The second-order valence-electron chi connectivity index (χ2n) is 7.13. The molecule has 0 spiro atoms. The molecule has 0 radical (unpaired) electrons. The summed E-state index contributed by atoms with van der Waals surface area (Å²) in [5, 5.41) is 13.4. The topological polar surface area (TPSA) is 69.6 Å². The van der Waals surface area contributed by atoms with E-state index in [1.54, 1.807) is 0 Å². The first kappa shape index (κ1) is 17.0. The van der Waals surface area contributed by atoms with Crippen LogP contribution in [0.5, 0.6) is 0 Å². The van der Waals surface area contributed by atoms with Gasteiger partial charge in [-0.1, -0.05) is 31.0 Å². The van der Waals surface area contributed by atoms with E-state index < -0.39 is 5.60 Å². The van der Waals surface area contributed by atoms with Gasteiger partial charge in [-0.2, -0.15) is 0 Å². The van der Waals surface area contributed by atoms with E-state index in [1.165, 1.54) is 0 Å². The minimum Gasteiger partial charge on any atom is -0.389 e. The zero-order valence-corrected chi connectivity index (χ0v) is 14.0. The van der Waals surface area contributed by atoms with E-state index in [9.17, 15) is 14.7 Å². The maximum atomic E-state index is 12.5. The van der Waals surface area contributed by atoms with Gasteiger partial charge < -0.3 is 15.3 Å². The first-order chi connectivity index (χ1) is 11.6. The van der Waals surface area contributed by atoms with Crippen molar-refractivity contribution in [3.63, 3.8) is 0 Å². The minimum absolute atomic E-state index is 0.0176. The Morgan fingerprint density at radius 1 is 1.17 bits per heavy atom. The average molecular weight is 330 g/mol. The van der Waals surface area contributed by atoms with Crippen LogP contribution < -0.4 is 5.32 Å². The van der Waals surface area contributed by atoms with Gasteiger partial charge in [0.15, 0.2) is 0 Å². The van der Waals surface area contributed by atoms with Crippen molar-refractivity contribution in [1.29, 1.82) is 0 Å². The Morgan fingerprint density at radius 3 is 2.58 bits per heavy atom. The third-order valence-electron chi connectivity index (χ3n) is 5.12.